The summed E-state index contributed by atoms with van der Waals surface area (Å²) in [5, 5.41) is -0.0477. The quantitative estimate of drug-likeness (QED) is 0.601. The molecule has 0 unspecified atom stereocenters. The van der Waals surface area contributed by atoms with Gasteiger partial charge in [0.1, 0.15) is 0 Å². The normalized spacial score (nSPS) is 11.5. The first-order valence-corrected chi connectivity index (χ1v) is 4.49. The number of hydrogen-bond donors (Lipinski definition) is 2. The van der Waals surface area contributed by atoms with Crippen LogP contribution in [0.3, 0.4) is 0 Å². The molecule has 1 aromatic rings. The van der Waals surface area contributed by atoms with Crippen molar-refractivity contribution in [3.8, 4) is 0 Å². The van der Waals surface area contributed by atoms with Gasteiger partial charge in [0, 0.05) is 0 Å². The van der Waals surface area contributed by atoms with Crippen molar-refractivity contribution >= 4 is 18.6 Å². The second-order valence-corrected chi connectivity index (χ2v) is 3.70. The standard InChI is InChI=1S/C6H7NO3P/c7-5-1-3-6(4-2-5)11(8,9)10/h1-4,7H,(H2,8,9,10). The van der Waals surface area contributed by atoms with Crippen LogP contribution in [0.15, 0.2) is 24.3 Å². The highest BCUT2D eigenvalue weighted by atomic mass is 31.2. The molecule has 0 saturated heterocycles. The van der Waals surface area contributed by atoms with Gasteiger partial charge in [-0.3, -0.25) is 4.57 Å². The third-order valence-corrected chi connectivity index (χ3v) is 2.17. The lowest BCUT2D eigenvalue weighted by Crippen LogP contribution is -2.01. The van der Waals surface area contributed by atoms with Crippen molar-refractivity contribution in [2.45, 2.75) is 0 Å². The average molecular weight is 172 g/mol. The van der Waals surface area contributed by atoms with Crippen LogP contribution in [0, 0.1) is 0 Å². The maximum absolute atomic E-state index is 10.6. The van der Waals surface area contributed by atoms with Crippen LogP contribution in [-0.2, 0) is 4.57 Å². The maximum Gasteiger partial charge on any atom is 0.356 e. The van der Waals surface area contributed by atoms with Gasteiger partial charge in [0.25, 0.3) is 0 Å². The summed E-state index contributed by atoms with van der Waals surface area (Å²) < 4.78 is 10.6. The van der Waals surface area contributed by atoms with E-state index < -0.39 is 7.60 Å². The van der Waals surface area contributed by atoms with E-state index in [1.807, 2.05) is 0 Å². The molecule has 0 fully saturated rings. The third kappa shape index (κ3) is 2.05. The molecular weight excluding hydrogens is 165 g/mol. The first kappa shape index (κ1) is 8.27. The summed E-state index contributed by atoms with van der Waals surface area (Å²) >= 11 is 0. The summed E-state index contributed by atoms with van der Waals surface area (Å²) in [4.78, 5) is 17.3. The van der Waals surface area contributed by atoms with Gasteiger partial charge in [-0.15, -0.1) is 0 Å². The molecule has 59 valence electrons. The minimum absolute atomic E-state index is 0.0477. The smallest absolute Gasteiger partial charge is 0.321 e. The first-order valence-electron chi connectivity index (χ1n) is 2.88. The minimum Gasteiger partial charge on any atom is -0.321 e. The molecule has 0 spiro atoms. The van der Waals surface area contributed by atoms with Crippen LogP contribution in [0.25, 0.3) is 0 Å². The lowest BCUT2D eigenvalue weighted by Gasteiger charge is -2.02. The summed E-state index contributed by atoms with van der Waals surface area (Å²) in [6, 6.07) is 5.19. The Labute approximate surface area is 63.8 Å². The van der Waals surface area contributed by atoms with E-state index in [9.17, 15) is 4.57 Å². The van der Waals surface area contributed by atoms with Crippen LogP contribution in [0.4, 0.5) is 5.69 Å². The van der Waals surface area contributed by atoms with Crippen molar-refractivity contribution in [1.29, 1.82) is 0 Å². The number of rotatable bonds is 1. The van der Waals surface area contributed by atoms with E-state index in [0.717, 1.165) is 0 Å². The maximum atomic E-state index is 10.6. The molecule has 0 amide bonds. The van der Waals surface area contributed by atoms with Crippen molar-refractivity contribution in [3.05, 3.63) is 24.3 Å². The topological polar surface area (TPSA) is 81.3 Å². The average Bonchev–Trinajstić information content (AvgIpc) is 1.86. The molecule has 0 saturated carbocycles. The molecule has 0 aliphatic heterocycles. The highest BCUT2D eigenvalue weighted by Crippen LogP contribution is 2.32. The minimum atomic E-state index is -4.12. The molecule has 1 rings (SSSR count). The molecule has 0 aliphatic rings. The predicted molar refractivity (Wildman–Crippen MR) is 40.9 cm³/mol. The van der Waals surface area contributed by atoms with E-state index >= 15 is 0 Å². The van der Waals surface area contributed by atoms with Crippen LogP contribution >= 0.6 is 7.60 Å². The Balaban J connectivity index is 3.09. The fraction of sp³-hybridized carbons (Fsp3) is 0. The largest absolute Gasteiger partial charge is 0.356 e. The van der Waals surface area contributed by atoms with E-state index in [-0.39, 0.29) is 11.0 Å². The molecule has 0 atom stereocenters. The molecule has 1 radical (unpaired) electrons. The van der Waals surface area contributed by atoms with Crippen LogP contribution in [-0.4, -0.2) is 9.79 Å². The van der Waals surface area contributed by atoms with Gasteiger partial charge in [-0.2, -0.15) is 0 Å². The second-order valence-electron chi connectivity index (χ2n) is 2.09. The molecule has 11 heavy (non-hydrogen) atoms. The van der Waals surface area contributed by atoms with Gasteiger partial charge < -0.3 is 15.5 Å². The zero-order chi connectivity index (χ0) is 8.48. The van der Waals surface area contributed by atoms with Crippen LogP contribution in [0.2, 0.25) is 0 Å². The van der Waals surface area contributed by atoms with Gasteiger partial charge in [-0.25, -0.2) is 0 Å². The Morgan fingerprint density at radius 2 is 1.64 bits per heavy atom. The monoisotopic (exact) mass is 172 g/mol. The van der Waals surface area contributed by atoms with Gasteiger partial charge in [-0.05, 0) is 24.3 Å². The summed E-state index contributed by atoms with van der Waals surface area (Å²) in [7, 11) is -4.12. The Bertz CT molecular complexity index is 289. The third-order valence-electron chi connectivity index (χ3n) is 1.20. The van der Waals surface area contributed by atoms with Gasteiger partial charge in [0.05, 0.1) is 11.0 Å². The van der Waals surface area contributed by atoms with Crippen LogP contribution in [0.5, 0.6) is 0 Å². The van der Waals surface area contributed by atoms with E-state index in [4.69, 9.17) is 15.5 Å². The van der Waals surface area contributed by atoms with E-state index in [1.54, 1.807) is 0 Å². The van der Waals surface area contributed by atoms with Gasteiger partial charge in [0.2, 0.25) is 0 Å². The number of hydrogen-bond acceptors (Lipinski definition) is 1. The summed E-state index contributed by atoms with van der Waals surface area (Å²) in [5.41, 5.74) is 7.28. The first-order chi connectivity index (χ1) is 5.00. The zero-order valence-electron chi connectivity index (χ0n) is 5.56. The van der Waals surface area contributed by atoms with Crippen molar-refractivity contribution in [1.82, 2.24) is 5.73 Å². The highest BCUT2D eigenvalue weighted by Gasteiger charge is 2.15. The summed E-state index contributed by atoms with van der Waals surface area (Å²) in [6.45, 7) is 0. The molecule has 3 N–H and O–H groups in total. The molecule has 0 aromatic heterocycles. The molecule has 5 heteroatoms. The van der Waals surface area contributed by atoms with E-state index in [2.05, 4.69) is 0 Å². The Kier molecular flexibility index (Phi) is 2.00. The van der Waals surface area contributed by atoms with Crippen molar-refractivity contribution in [3.63, 3.8) is 0 Å². The molecule has 1 aromatic carbocycles. The molecule has 0 bridgehead atoms. The fourth-order valence-electron chi connectivity index (χ4n) is 0.656. The van der Waals surface area contributed by atoms with Gasteiger partial charge >= 0.3 is 7.60 Å². The zero-order valence-corrected chi connectivity index (χ0v) is 6.45. The Morgan fingerprint density at radius 1 is 1.18 bits per heavy atom. The van der Waals surface area contributed by atoms with Crippen molar-refractivity contribution < 1.29 is 14.4 Å². The number of nitrogens with one attached hydrogen (secondary N) is 1. The van der Waals surface area contributed by atoms with E-state index in [1.165, 1.54) is 24.3 Å². The lowest BCUT2D eigenvalue weighted by molar-refractivity contribution is 0.387. The van der Waals surface area contributed by atoms with Crippen molar-refractivity contribution in [2.24, 2.45) is 0 Å². The Morgan fingerprint density at radius 3 is 2.00 bits per heavy atom. The molecule has 0 aliphatic carbocycles. The molecular formula is C6H7NO3P. The Hall–Kier alpha value is -0.830. The summed E-state index contributed by atoms with van der Waals surface area (Å²) in [6.07, 6.45) is 0. The fourth-order valence-corrected chi connectivity index (χ4v) is 1.19. The van der Waals surface area contributed by atoms with Gasteiger partial charge in [-0.1, -0.05) is 0 Å². The number of benzene rings is 1. The second kappa shape index (κ2) is 2.66. The molecule has 4 nitrogen and oxygen atoms in total. The molecule has 0 heterocycles. The van der Waals surface area contributed by atoms with Crippen LogP contribution < -0.4 is 11.0 Å². The summed E-state index contributed by atoms with van der Waals surface area (Å²) in [5.74, 6) is 0. The van der Waals surface area contributed by atoms with Gasteiger partial charge in [0.15, 0.2) is 0 Å². The van der Waals surface area contributed by atoms with Crippen molar-refractivity contribution in [2.75, 3.05) is 0 Å². The van der Waals surface area contributed by atoms with Crippen LogP contribution in [0.1, 0.15) is 0 Å². The SMILES string of the molecule is [NH]c1ccc(P(=O)(O)O)cc1. The van der Waals surface area contributed by atoms with E-state index in [0.29, 0.717) is 0 Å². The predicted octanol–water partition coefficient (Wildman–Crippen LogP) is 0.404. The lowest BCUT2D eigenvalue weighted by atomic mass is 10.3. The highest BCUT2D eigenvalue weighted by molar-refractivity contribution is 7.60.